The highest BCUT2D eigenvalue weighted by Crippen LogP contribution is 2.33. The summed E-state index contributed by atoms with van der Waals surface area (Å²) in [5, 5.41) is 8.04. The first kappa shape index (κ1) is 17.6. The highest BCUT2D eigenvalue weighted by Gasteiger charge is 2.25. The fraction of sp³-hybridized carbons (Fsp3) is 0.316. The van der Waals surface area contributed by atoms with E-state index < -0.39 is 0 Å². The van der Waals surface area contributed by atoms with Gasteiger partial charge in [0.1, 0.15) is 22.5 Å². The molecule has 0 aliphatic carbocycles. The van der Waals surface area contributed by atoms with Crippen LogP contribution >= 0.6 is 11.6 Å². The Labute approximate surface area is 163 Å². The van der Waals surface area contributed by atoms with E-state index in [9.17, 15) is 0 Å². The average Bonchev–Trinajstić information content (AvgIpc) is 3.19. The minimum atomic E-state index is 0.475. The summed E-state index contributed by atoms with van der Waals surface area (Å²) in [5.41, 5.74) is 3.11. The molecule has 8 heteroatoms. The van der Waals surface area contributed by atoms with Crippen LogP contribution in [0, 0.1) is 6.92 Å². The molecule has 3 aromatic rings. The molecule has 0 saturated carbocycles. The number of benzene rings is 1. The van der Waals surface area contributed by atoms with Crippen LogP contribution in [-0.4, -0.2) is 33.4 Å². The third-order valence-electron chi connectivity index (χ3n) is 4.64. The zero-order valence-electron chi connectivity index (χ0n) is 15.5. The third kappa shape index (κ3) is 3.55. The van der Waals surface area contributed by atoms with Crippen molar-refractivity contribution in [3.8, 4) is 5.75 Å². The van der Waals surface area contributed by atoms with Crippen LogP contribution in [0.1, 0.15) is 16.8 Å². The molecule has 2 aromatic heterocycles. The first-order chi connectivity index (χ1) is 13.0. The largest absolute Gasteiger partial charge is 0.497 e. The standard InChI is InChI=1S/C19H21ClN6O/c1-12-10-16(25(2)24-12)21-19-22-17(20)15-8-9-26(18(15)23-19)11-13-4-6-14(27-3)7-5-13/h4-7,10H,8-9,11H2,1-3H3,(H,21,22,23). The molecule has 4 rings (SSSR count). The lowest BCUT2D eigenvalue weighted by molar-refractivity contribution is 0.414. The van der Waals surface area contributed by atoms with Gasteiger partial charge in [-0.1, -0.05) is 23.7 Å². The fourth-order valence-electron chi connectivity index (χ4n) is 3.28. The Hall–Kier alpha value is -2.80. The molecule has 0 spiro atoms. The zero-order chi connectivity index (χ0) is 19.0. The summed E-state index contributed by atoms with van der Waals surface area (Å²) < 4.78 is 6.99. The van der Waals surface area contributed by atoms with E-state index >= 15 is 0 Å². The SMILES string of the molecule is COc1ccc(CN2CCc3c(Cl)nc(Nc4cc(C)nn4C)nc32)cc1. The number of hydrogen-bond acceptors (Lipinski definition) is 6. The van der Waals surface area contributed by atoms with Gasteiger partial charge < -0.3 is 15.0 Å². The van der Waals surface area contributed by atoms with Gasteiger partial charge in [0, 0.05) is 31.8 Å². The van der Waals surface area contributed by atoms with Gasteiger partial charge in [0.05, 0.1) is 12.8 Å². The molecule has 1 aliphatic rings. The quantitative estimate of drug-likeness (QED) is 0.679. The van der Waals surface area contributed by atoms with Gasteiger partial charge in [0.2, 0.25) is 5.95 Å². The number of aryl methyl sites for hydroxylation is 2. The van der Waals surface area contributed by atoms with Crippen LogP contribution in [0.5, 0.6) is 5.75 Å². The van der Waals surface area contributed by atoms with E-state index in [2.05, 4.69) is 32.4 Å². The first-order valence-electron chi connectivity index (χ1n) is 8.75. The monoisotopic (exact) mass is 384 g/mol. The number of anilines is 3. The summed E-state index contributed by atoms with van der Waals surface area (Å²) in [7, 11) is 3.54. The van der Waals surface area contributed by atoms with E-state index in [0.717, 1.165) is 48.2 Å². The molecule has 0 atom stereocenters. The Balaban J connectivity index is 1.59. The first-order valence-corrected chi connectivity index (χ1v) is 9.13. The number of nitrogens with one attached hydrogen (secondary N) is 1. The van der Waals surface area contributed by atoms with Gasteiger partial charge >= 0.3 is 0 Å². The second-order valence-corrected chi connectivity index (χ2v) is 6.94. The summed E-state index contributed by atoms with van der Waals surface area (Å²) >= 11 is 6.44. The number of methoxy groups -OCH3 is 1. The number of hydrogen-bond donors (Lipinski definition) is 1. The maximum Gasteiger partial charge on any atom is 0.231 e. The van der Waals surface area contributed by atoms with E-state index in [0.29, 0.717) is 11.1 Å². The van der Waals surface area contributed by atoms with Crippen LogP contribution in [0.2, 0.25) is 5.15 Å². The van der Waals surface area contributed by atoms with Crippen molar-refractivity contribution in [1.29, 1.82) is 0 Å². The van der Waals surface area contributed by atoms with Crippen LogP contribution in [-0.2, 0) is 20.0 Å². The predicted molar refractivity (Wildman–Crippen MR) is 106 cm³/mol. The van der Waals surface area contributed by atoms with Crippen LogP contribution in [0.4, 0.5) is 17.6 Å². The third-order valence-corrected chi connectivity index (χ3v) is 4.95. The van der Waals surface area contributed by atoms with Gasteiger partial charge in [-0.15, -0.1) is 0 Å². The van der Waals surface area contributed by atoms with Crippen LogP contribution in [0.3, 0.4) is 0 Å². The van der Waals surface area contributed by atoms with Crippen molar-refractivity contribution in [1.82, 2.24) is 19.7 Å². The molecule has 0 unspecified atom stereocenters. The highest BCUT2D eigenvalue weighted by molar-refractivity contribution is 6.30. The van der Waals surface area contributed by atoms with E-state index in [1.165, 1.54) is 5.56 Å². The number of rotatable bonds is 5. The molecule has 140 valence electrons. The fourth-order valence-corrected chi connectivity index (χ4v) is 3.54. The average molecular weight is 385 g/mol. The van der Waals surface area contributed by atoms with Crippen molar-refractivity contribution in [3.63, 3.8) is 0 Å². The lowest BCUT2D eigenvalue weighted by atomic mass is 10.2. The summed E-state index contributed by atoms with van der Waals surface area (Å²) in [6.45, 7) is 3.57. The van der Waals surface area contributed by atoms with Crippen molar-refractivity contribution in [3.05, 3.63) is 52.3 Å². The molecule has 1 aromatic carbocycles. The molecule has 0 radical (unpaired) electrons. The Bertz CT molecular complexity index is 969. The van der Waals surface area contributed by atoms with Crippen LogP contribution in [0.15, 0.2) is 30.3 Å². The molecule has 1 N–H and O–H groups in total. The molecule has 0 saturated heterocycles. The summed E-state index contributed by atoms with van der Waals surface area (Å²) in [6.07, 6.45) is 0.843. The van der Waals surface area contributed by atoms with Gasteiger partial charge in [-0.2, -0.15) is 10.1 Å². The number of nitrogens with zero attached hydrogens (tertiary/aromatic N) is 5. The Morgan fingerprint density at radius 3 is 2.67 bits per heavy atom. The smallest absolute Gasteiger partial charge is 0.231 e. The summed E-state index contributed by atoms with van der Waals surface area (Å²) in [4.78, 5) is 11.4. The minimum absolute atomic E-state index is 0.475. The molecule has 0 bridgehead atoms. The molecular weight excluding hydrogens is 364 g/mol. The topological polar surface area (TPSA) is 68.1 Å². The summed E-state index contributed by atoms with van der Waals surface area (Å²) in [5.74, 6) is 3.03. The van der Waals surface area contributed by atoms with Crippen molar-refractivity contribution < 1.29 is 4.74 Å². The Kier molecular flexibility index (Phi) is 4.61. The van der Waals surface area contributed by atoms with Gasteiger partial charge in [0.15, 0.2) is 0 Å². The summed E-state index contributed by atoms with van der Waals surface area (Å²) in [6, 6.07) is 10.0. The number of ether oxygens (including phenoxy) is 1. The molecule has 27 heavy (non-hydrogen) atoms. The predicted octanol–water partition coefficient (Wildman–Crippen LogP) is 3.49. The van der Waals surface area contributed by atoms with Gasteiger partial charge in [0.25, 0.3) is 0 Å². The maximum absolute atomic E-state index is 6.44. The highest BCUT2D eigenvalue weighted by atomic mass is 35.5. The molecule has 7 nitrogen and oxygen atoms in total. The van der Waals surface area contributed by atoms with E-state index in [1.807, 2.05) is 32.2 Å². The van der Waals surface area contributed by atoms with Crippen molar-refractivity contribution >= 4 is 29.2 Å². The molecule has 0 amide bonds. The second-order valence-electron chi connectivity index (χ2n) is 6.58. The van der Waals surface area contributed by atoms with Crippen LogP contribution in [0.25, 0.3) is 0 Å². The second kappa shape index (κ2) is 7.08. The van der Waals surface area contributed by atoms with Crippen molar-refractivity contribution in [2.75, 3.05) is 23.9 Å². The number of fused-ring (bicyclic) bond motifs is 1. The molecule has 1 aliphatic heterocycles. The van der Waals surface area contributed by atoms with E-state index in [1.54, 1.807) is 11.8 Å². The number of aromatic nitrogens is 4. The Morgan fingerprint density at radius 2 is 2.00 bits per heavy atom. The van der Waals surface area contributed by atoms with Crippen LogP contribution < -0.4 is 15.0 Å². The maximum atomic E-state index is 6.44. The van der Waals surface area contributed by atoms with Gasteiger partial charge in [-0.25, -0.2) is 4.98 Å². The van der Waals surface area contributed by atoms with Gasteiger partial charge in [-0.05, 0) is 31.0 Å². The molecule has 0 fully saturated rings. The molecular formula is C19H21ClN6O. The van der Waals surface area contributed by atoms with E-state index in [-0.39, 0.29) is 0 Å². The normalized spacial score (nSPS) is 13.0. The minimum Gasteiger partial charge on any atom is -0.497 e. The molecule has 3 heterocycles. The Morgan fingerprint density at radius 1 is 1.22 bits per heavy atom. The lowest BCUT2D eigenvalue weighted by Crippen LogP contribution is -2.21. The van der Waals surface area contributed by atoms with E-state index in [4.69, 9.17) is 21.3 Å². The lowest BCUT2D eigenvalue weighted by Gasteiger charge is -2.19. The van der Waals surface area contributed by atoms with Crippen molar-refractivity contribution in [2.24, 2.45) is 7.05 Å². The van der Waals surface area contributed by atoms with Crippen molar-refractivity contribution in [2.45, 2.75) is 19.9 Å². The van der Waals surface area contributed by atoms with Gasteiger partial charge in [-0.3, -0.25) is 4.68 Å². The number of halogens is 1. The zero-order valence-corrected chi connectivity index (χ0v) is 16.3.